The third kappa shape index (κ3) is 5.57. The van der Waals surface area contributed by atoms with Crippen molar-refractivity contribution in [1.29, 1.82) is 0 Å². The van der Waals surface area contributed by atoms with Crippen LogP contribution in [-0.4, -0.2) is 41.9 Å². The third-order valence-electron chi connectivity index (χ3n) is 4.81. The van der Waals surface area contributed by atoms with Crippen molar-refractivity contribution >= 4 is 22.4 Å². The van der Waals surface area contributed by atoms with E-state index < -0.39 is 6.10 Å². The van der Waals surface area contributed by atoms with Crippen LogP contribution in [0.25, 0.3) is 10.9 Å². The van der Waals surface area contributed by atoms with Gasteiger partial charge in [0.15, 0.2) is 11.5 Å². The lowest BCUT2D eigenvalue weighted by Gasteiger charge is -2.13. The Hall–Kier alpha value is -4.12. The molecule has 1 heterocycles. The van der Waals surface area contributed by atoms with Gasteiger partial charge in [0.05, 0.1) is 12.6 Å². The van der Waals surface area contributed by atoms with Crippen LogP contribution in [0.1, 0.15) is 5.56 Å². The fourth-order valence-corrected chi connectivity index (χ4v) is 3.23. The molecular weight excluding hydrogens is 416 g/mol. The Morgan fingerprint density at radius 2 is 1.85 bits per heavy atom. The lowest BCUT2D eigenvalue weighted by atomic mass is 10.1. The van der Waals surface area contributed by atoms with Crippen molar-refractivity contribution in [3.63, 3.8) is 0 Å². The largest absolute Gasteiger partial charge is 0.493 e. The molecule has 3 aromatic carbocycles. The lowest BCUT2D eigenvalue weighted by molar-refractivity contribution is 0.231. The molecule has 0 aliphatic carbocycles. The topological polar surface area (TPSA) is 88.5 Å². The van der Waals surface area contributed by atoms with E-state index in [0.717, 1.165) is 27.9 Å². The standard InChI is InChI=1S/C26H24N4O3/c1-27-16-20(31)11-8-18-9-12-23-22(14-18)26(29-17-28-23)30-19-10-13-24(25(15-19)32-2)33-21-6-4-3-5-7-21/h3-7,9-10,12-15,17,20,27,31H,16H2,1-2H3,(H,28,29,30). The van der Waals surface area contributed by atoms with Gasteiger partial charge in [-0.25, -0.2) is 9.97 Å². The molecular formula is C26H24N4O3. The van der Waals surface area contributed by atoms with E-state index in [-0.39, 0.29) is 0 Å². The first-order valence-electron chi connectivity index (χ1n) is 10.4. The number of fused-ring (bicyclic) bond motifs is 1. The summed E-state index contributed by atoms with van der Waals surface area (Å²) in [5, 5.41) is 16.9. The van der Waals surface area contributed by atoms with Crippen LogP contribution in [0.5, 0.6) is 17.2 Å². The summed E-state index contributed by atoms with van der Waals surface area (Å²) in [6.07, 6.45) is 0.774. The van der Waals surface area contributed by atoms with E-state index in [9.17, 15) is 5.11 Å². The van der Waals surface area contributed by atoms with E-state index in [0.29, 0.717) is 23.9 Å². The number of likely N-dealkylation sites (N-methyl/N-ethyl adjacent to an activating group) is 1. The predicted octanol–water partition coefficient (Wildman–Crippen LogP) is 4.11. The van der Waals surface area contributed by atoms with E-state index in [1.807, 2.05) is 66.7 Å². The average Bonchev–Trinajstić information content (AvgIpc) is 2.84. The molecule has 0 aliphatic rings. The number of ether oxygens (including phenoxy) is 2. The zero-order valence-electron chi connectivity index (χ0n) is 18.4. The molecule has 0 saturated carbocycles. The number of aliphatic hydroxyl groups is 1. The van der Waals surface area contributed by atoms with Gasteiger partial charge in [0.25, 0.3) is 0 Å². The monoisotopic (exact) mass is 440 g/mol. The highest BCUT2D eigenvalue weighted by atomic mass is 16.5. The van der Waals surface area contributed by atoms with Crippen molar-refractivity contribution in [3.05, 3.63) is 78.6 Å². The number of benzene rings is 3. The first-order chi connectivity index (χ1) is 16.2. The van der Waals surface area contributed by atoms with Crippen LogP contribution in [0.4, 0.5) is 11.5 Å². The van der Waals surface area contributed by atoms with Crippen LogP contribution in [-0.2, 0) is 0 Å². The normalized spacial score (nSPS) is 11.4. The molecule has 4 aromatic rings. The highest BCUT2D eigenvalue weighted by Gasteiger charge is 2.10. The van der Waals surface area contributed by atoms with Crippen LogP contribution in [0, 0.1) is 11.8 Å². The van der Waals surface area contributed by atoms with E-state index in [1.165, 1.54) is 6.33 Å². The summed E-state index contributed by atoms with van der Waals surface area (Å²) in [6, 6.07) is 20.8. The maximum Gasteiger partial charge on any atom is 0.169 e. The second-order valence-corrected chi connectivity index (χ2v) is 7.20. The van der Waals surface area contributed by atoms with Gasteiger partial charge in [-0.05, 0) is 49.5 Å². The summed E-state index contributed by atoms with van der Waals surface area (Å²) in [4.78, 5) is 8.75. The Balaban J connectivity index is 1.61. The molecule has 7 nitrogen and oxygen atoms in total. The summed E-state index contributed by atoms with van der Waals surface area (Å²) in [5.74, 6) is 8.39. The van der Waals surface area contributed by atoms with Crippen LogP contribution in [0.3, 0.4) is 0 Å². The fourth-order valence-electron chi connectivity index (χ4n) is 3.23. The molecule has 0 aliphatic heterocycles. The van der Waals surface area contributed by atoms with Crippen molar-refractivity contribution < 1.29 is 14.6 Å². The molecule has 1 atom stereocenters. The van der Waals surface area contributed by atoms with Crippen molar-refractivity contribution in [2.75, 3.05) is 26.0 Å². The van der Waals surface area contributed by atoms with Gasteiger partial charge in [-0.3, -0.25) is 0 Å². The predicted molar refractivity (Wildman–Crippen MR) is 129 cm³/mol. The summed E-state index contributed by atoms with van der Waals surface area (Å²) in [6.45, 7) is 0.405. The number of anilines is 2. The number of hydrogen-bond acceptors (Lipinski definition) is 7. The number of aromatic nitrogens is 2. The zero-order valence-corrected chi connectivity index (χ0v) is 18.4. The zero-order chi connectivity index (χ0) is 23.0. The second kappa shape index (κ2) is 10.5. The molecule has 4 rings (SSSR count). The summed E-state index contributed by atoms with van der Waals surface area (Å²) in [7, 11) is 3.37. The van der Waals surface area contributed by atoms with Gasteiger partial charge in [-0.1, -0.05) is 30.0 Å². The molecule has 0 spiro atoms. The Morgan fingerprint density at radius 1 is 1.00 bits per heavy atom. The number of aliphatic hydroxyl groups excluding tert-OH is 1. The van der Waals surface area contributed by atoms with Gasteiger partial charge in [0, 0.05) is 29.2 Å². The van der Waals surface area contributed by atoms with Crippen molar-refractivity contribution in [3.8, 4) is 29.1 Å². The van der Waals surface area contributed by atoms with Gasteiger partial charge >= 0.3 is 0 Å². The molecule has 7 heteroatoms. The minimum atomic E-state index is -0.737. The van der Waals surface area contributed by atoms with Crippen molar-refractivity contribution in [2.24, 2.45) is 0 Å². The first kappa shape index (κ1) is 22.1. The maximum absolute atomic E-state index is 9.84. The molecule has 1 unspecified atom stereocenters. The number of nitrogens with zero attached hydrogens (tertiary/aromatic N) is 2. The number of nitrogens with one attached hydrogen (secondary N) is 2. The van der Waals surface area contributed by atoms with Crippen molar-refractivity contribution in [2.45, 2.75) is 6.10 Å². The van der Waals surface area contributed by atoms with Crippen LogP contribution < -0.4 is 20.1 Å². The number of methoxy groups -OCH3 is 1. The van der Waals surface area contributed by atoms with Gasteiger partial charge in [0.2, 0.25) is 0 Å². The molecule has 0 amide bonds. The van der Waals surface area contributed by atoms with E-state index in [2.05, 4.69) is 32.4 Å². The Kier molecular flexibility index (Phi) is 7.00. The number of hydrogen-bond donors (Lipinski definition) is 3. The second-order valence-electron chi connectivity index (χ2n) is 7.20. The quantitative estimate of drug-likeness (QED) is 0.373. The fraction of sp³-hybridized carbons (Fsp3) is 0.154. The smallest absolute Gasteiger partial charge is 0.169 e. The Labute approximate surface area is 192 Å². The van der Waals surface area contributed by atoms with Gasteiger partial charge in [0.1, 0.15) is 24.0 Å². The van der Waals surface area contributed by atoms with Crippen LogP contribution in [0.15, 0.2) is 73.1 Å². The maximum atomic E-state index is 9.84. The molecule has 1 aromatic heterocycles. The molecule has 0 radical (unpaired) electrons. The van der Waals surface area contributed by atoms with E-state index >= 15 is 0 Å². The van der Waals surface area contributed by atoms with Gasteiger partial charge in [-0.2, -0.15) is 0 Å². The molecule has 33 heavy (non-hydrogen) atoms. The van der Waals surface area contributed by atoms with Crippen molar-refractivity contribution in [1.82, 2.24) is 15.3 Å². The first-order valence-corrected chi connectivity index (χ1v) is 10.4. The highest BCUT2D eigenvalue weighted by molar-refractivity contribution is 5.91. The van der Waals surface area contributed by atoms with E-state index in [4.69, 9.17) is 9.47 Å². The molecule has 3 N–H and O–H groups in total. The number of para-hydroxylation sites is 1. The van der Waals surface area contributed by atoms with Crippen LogP contribution >= 0.6 is 0 Å². The Bertz CT molecular complexity index is 1300. The third-order valence-corrected chi connectivity index (χ3v) is 4.81. The summed E-state index contributed by atoms with van der Waals surface area (Å²) < 4.78 is 11.5. The summed E-state index contributed by atoms with van der Waals surface area (Å²) in [5.41, 5.74) is 2.33. The molecule has 166 valence electrons. The Morgan fingerprint density at radius 3 is 2.64 bits per heavy atom. The highest BCUT2D eigenvalue weighted by Crippen LogP contribution is 2.35. The molecule has 0 bridgehead atoms. The van der Waals surface area contributed by atoms with Gasteiger partial charge in [-0.15, -0.1) is 0 Å². The average molecular weight is 441 g/mol. The van der Waals surface area contributed by atoms with Crippen LogP contribution in [0.2, 0.25) is 0 Å². The summed E-state index contributed by atoms with van der Waals surface area (Å²) >= 11 is 0. The van der Waals surface area contributed by atoms with Gasteiger partial charge < -0.3 is 25.2 Å². The minimum absolute atomic E-state index is 0.405. The molecule has 0 saturated heterocycles. The lowest BCUT2D eigenvalue weighted by Crippen LogP contribution is -2.21. The number of rotatable bonds is 7. The minimum Gasteiger partial charge on any atom is -0.493 e. The SMILES string of the molecule is CNCC(O)C#Cc1ccc2ncnc(Nc3ccc(Oc4ccccc4)c(OC)c3)c2c1. The molecule has 0 fully saturated rings. The van der Waals surface area contributed by atoms with E-state index in [1.54, 1.807) is 14.2 Å².